The number of nitrogens with two attached hydrogens (primary N) is 1. The molecule has 0 heterocycles. The fourth-order valence-corrected chi connectivity index (χ4v) is 0.844. The summed E-state index contributed by atoms with van der Waals surface area (Å²) in [5.74, 6) is -1.89. The van der Waals surface area contributed by atoms with Crippen LogP contribution in [0.5, 0.6) is 0 Å². The van der Waals surface area contributed by atoms with Gasteiger partial charge in [0.05, 0.1) is 0 Å². The third-order valence-electron chi connectivity index (χ3n) is 1.40. The number of hydrogen-bond acceptors (Lipinski definition) is 3. The van der Waals surface area contributed by atoms with Crippen molar-refractivity contribution in [3.63, 3.8) is 0 Å². The van der Waals surface area contributed by atoms with E-state index in [0.717, 1.165) is 0 Å². The topological polar surface area (TPSA) is 72.2 Å². The SMILES string of the molecule is CC(C)CC(NF)C(=O)C(N)=O. The Morgan fingerprint density at radius 2 is 2.00 bits per heavy atom. The maximum Gasteiger partial charge on any atom is 0.286 e. The second-order valence-electron chi connectivity index (χ2n) is 3.02. The molecule has 0 aromatic rings. The molecule has 0 radical (unpaired) electrons. The average Bonchev–Trinajstić information content (AvgIpc) is 1.98. The van der Waals surface area contributed by atoms with Crippen molar-refractivity contribution in [3.05, 3.63) is 0 Å². The van der Waals surface area contributed by atoms with Crippen LogP contribution in [0, 0.1) is 5.92 Å². The molecule has 0 bridgehead atoms. The van der Waals surface area contributed by atoms with E-state index >= 15 is 0 Å². The minimum Gasteiger partial charge on any atom is -0.363 e. The van der Waals surface area contributed by atoms with Gasteiger partial charge in [0.25, 0.3) is 5.91 Å². The Morgan fingerprint density at radius 1 is 1.50 bits per heavy atom. The average molecular weight is 176 g/mol. The molecule has 0 rings (SSSR count). The van der Waals surface area contributed by atoms with Gasteiger partial charge in [-0.1, -0.05) is 13.8 Å². The first kappa shape index (κ1) is 11.0. The molecule has 0 aliphatic heterocycles. The smallest absolute Gasteiger partial charge is 0.286 e. The lowest BCUT2D eigenvalue weighted by molar-refractivity contribution is -0.138. The first-order valence-corrected chi connectivity index (χ1v) is 3.68. The summed E-state index contributed by atoms with van der Waals surface area (Å²) in [6.45, 7) is 3.64. The Bertz CT molecular complexity index is 182. The van der Waals surface area contributed by atoms with Crippen molar-refractivity contribution in [2.75, 3.05) is 0 Å². The first-order valence-electron chi connectivity index (χ1n) is 3.68. The van der Waals surface area contributed by atoms with E-state index in [9.17, 15) is 14.1 Å². The van der Waals surface area contributed by atoms with Gasteiger partial charge in [-0.2, -0.15) is 0 Å². The molecule has 4 nitrogen and oxygen atoms in total. The highest BCUT2D eigenvalue weighted by atomic mass is 19.2. The summed E-state index contributed by atoms with van der Waals surface area (Å²) in [7, 11) is 0. The van der Waals surface area contributed by atoms with Crippen LogP contribution in [0.2, 0.25) is 0 Å². The maximum absolute atomic E-state index is 12.0. The van der Waals surface area contributed by atoms with E-state index in [4.69, 9.17) is 5.73 Å². The number of halogens is 1. The molecule has 0 aromatic carbocycles. The highest BCUT2D eigenvalue weighted by Gasteiger charge is 2.23. The maximum atomic E-state index is 12.0. The molecule has 0 aliphatic carbocycles. The van der Waals surface area contributed by atoms with Gasteiger partial charge >= 0.3 is 0 Å². The lowest BCUT2D eigenvalue weighted by Crippen LogP contribution is -2.41. The van der Waals surface area contributed by atoms with Crippen LogP contribution in [0.4, 0.5) is 4.48 Å². The monoisotopic (exact) mass is 176 g/mol. The van der Waals surface area contributed by atoms with Gasteiger partial charge in [-0.3, -0.25) is 9.59 Å². The minimum absolute atomic E-state index is 0.126. The van der Waals surface area contributed by atoms with Crippen LogP contribution in [0.1, 0.15) is 20.3 Å². The van der Waals surface area contributed by atoms with E-state index in [0.29, 0.717) is 0 Å². The number of ketones is 1. The van der Waals surface area contributed by atoms with Crippen molar-refractivity contribution in [2.45, 2.75) is 26.3 Å². The molecule has 3 N–H and O–H groups in total. The molecule has 0 aliphatic rings. The highest BCUT2D eigenvalue weighted by Crippen LogP contribution is 2.05. The molecule has 0 spiro atoms. The quantitative estimate of drug-likeness (QED) is 0.455. The van der Waals surface area contributed by atoms with Crippen LogP contribution in [0.3, 0.4) is 0 Å². The Labute approximate surface area is 70.2 Å². The van der Waals surface area contributed by atoms with Gasteiger partial charge in [-0.25, -0.2) is 0 Å². The molecule has 0 saturated carbocycles. The van der Waals surface area contributed by atoms with Crippen molar-refractivity contribution < 1.29 is 14.1 Å². The van der Waals surface area contributed by atoms with Crippen LogP contribution >= 0.6 is 0 Å². The van der Waals surface area contributed by atoms with Crippen LogP contribution in [-0.2, 0) is 9.59 Å². The third kappa shape index (κ3) is 3.43. The summed E-state index contributed by atoms with van der Waals surface area (Å²) >= 11 is 0. The van der Waals surface area contributed by atoms with Crippen molar-refractivity contribution in [2.24, 2.45) is 11.7 Å². The van der Waals surface area contributed by atoms with Crippen molar-refractivity contribution in [1.29, 1.82) is 0 Å². The van der Waals surface area contributed by atoms with Crippen LogP contribution in [0.15, 0.2) is 0 Å². The summed E-state index contributed by atoms with van der Waals surface area (Å²) < 4.78 is 12.0. The number of Topliss-reactive ketones (excluding diaryl/α,β-unsaturated/α-hetero) is 1. The standard InChI is InChI=1S/C7H13FN2O2/c1-4(2)3-5(10-8)6(11)7(9)12/h4-5,10H,3H2,1-2H3,(H2,9,12). The molecular weight excluding hydrogens is 163 g/mol. The fourth-order valence-electron chi connectivity index (χ4n) is 0.844. The summed E-state index contributed by atoms with van der Waals surface area (Å²) in [5.41, 5.74) is 5.96. The number of rotatable bonds is 5. The minimum atomic E-state index is -1.11. The molecule has 0 aromatic heterocycles. The summed E-state index contributed by atoms with van der Waals surface area (Å²) in [6, 6.07) is -1.09. The first-order chi connectivity index (χ1) is 5.49. The van der Waals surface area contributed by atoms with E-state index in [2.05, 4.69) is 0 Å². The fraction of sp³-hybridized carbons (Fsp3) is 0.714. The largest absolute Gasteiger partial charge is 0.363 e. The Hall–Kier alpha value is -0.970. The van der Waals surface area contributed by atoms with E-state index in [1.807, 2.05) is 13.8 Å². The number of primary amides is 1. The van der Waals surface area contributed by atoms with Gasteiger partial charge in [-0.15, -0.1) is 10.0 Å². The summed E-state index contributed by atoms with van der Waals surface area (Å²) in [5, 5.41) is 0. The van der Waals surface area contributed by atoms with Crippen LogP contribution < -0.4 is 11.3 Å². The van der Waals surface area contributed by atoms with Crippen LogP contribution in [0.25, 0.3) is 0 Å². The van der Waals surface area contributed by atoms with Crippen LogP contribution in [-0.4, -0.2) is 17.7 Å². The molecule has 0 saturated heterocycles. The zero-order chi connectivity index (χ0) is 9.72. The van der Waals surface area contributed by atoms with Crippen molar-refractivity contribution in [3.8, 4) is 0 Å². The number of amides is 1. The van der Waals surface area contributed by atoms with Gasteiger partial charge in [0.15, 0.2) is 0 Å². The van der Waals surface area contributed by atoms with E-state index in [1.165, 1.54) is 5.54 Å². The molecule has 12 heavy (non-hydrogen) atoms. The van der Waals surface area contributed by atoms with Gasteiger partial charge in [0.2, 0.25) is 5.78 Å². The lowest BCUT2D eigenvalue weighted by Gasteiger charge is -2.12. The number of hydrogen-bond donors (Lipinski definition) is 2. The molecule has 1 unspecified atom stereocenters. The van der Waals surface area contributed by atoms with E-state index in [1.54, 1.807) is 0 Å². The number of carbonyl (C=O) groups excluding carboxylic acids is 2. The Kier molecular flexibility index (Phi) is 4.43. The molecule has 1 amide bonds. The zero-order valence-electron chi connectivity index (χ0n) is 7.13. The second kappa shape index (κ2) is 4.82. The number of carbonyl (C=O) groups is 2. The third-order valence-corrected chi connectivity index (χ3v) is 1.40. The Morgan fingerprint density at radius 3 is 2.25 bits per heavy atom. The molecule has 70 valence electrons. The molecule has 5 heteroatoms. The van der Waals surface area contributed by atoms with Gasteiger partial charge < -0.3 is 5.73 Å². The predicted molar refractivity (Wildman–Crippen MR) is 41.7 cm³/mol. The van der Waals surface area contributed by atoms with Gasteiger partial charge in [0, 0.05) is 0 Å². The summed E-state index contributed by atoms with van der Waals surface area (Å²) in [4.78, 5) is 21.2. The van der Waals surface area contributed by atoms with Crippen molar-refractivity contribution >= 4 is 11.7 Å². The second-order valence-corrected chi connectivity index (χ2v) is 3.02. The van der Waals surface area contributed by atoms with Gasteiger partial charge in [0.1, 0.15) is 6.04 Å². The Balaban J connectivity index is 4.15. The van der Waals surface area contributed by atoms with E-state index < -0.39 is 17.7 Å². The molecule has 1 atom stereocenters. The zero-order valence-corrected chi connectivity index (χ0v) is 7.13. The molecule has 0 fully saturated rings. The number of nitrogens with one attached hydrogen (secondary N) is 1. The summed E-state index contributed by atoms with van der Waals surface area (Å²) in [6.07, 6.45) is 0.262. The predicted octanol–water partition coefficient (Wildman–Crippen LogP) is -0.0704. The lowest BCUT2D eigenvalue weighted by atomic mass is 10.0. The van der Waals surface area contributed by atoms with Gasteiger partial charge in [-0.05, 0) is 12.3 Å². The molecular formula is C7H13FN2O2. The highest BCUT2D eigenvalue weighted by molar-refractivity contribution is 6.37. The van der Waals surface area contributed by atoms with E-state index in [-0.39, 0.29) is 12.3 Å². The normalized spacial score (nSPS) is 13.0. The van der Waals surface area contributed by atoms with Crippen molar-refractivity contribution in [1.82, 2.24) is 5.54 Å².